The van der Waals surface area contributed by atoms with E-state index < -0.39 is 5.38 Å². The summed E-state index contributed by atoms with van der Waals surface area (Å²) in [7, 11) is 3.86. The predicted octanol–water partition coefficient (Wildman–Crippen LogP) is 0.983. The fourth-order valence-electron chi connectivity index (χ4n) is 1.17. The van der Waals surface area contributed by atoms with Crippen LogP contribution in [0, 0.1) is 11.3 Å². The Hall–Kier alpha value is -1.05. The fourth-order valence-corrected chi connectivity index (χ4v) is 1.40. The second kappa shape index (κ2) is 4.99. The first-order valence-corrected chi connectivity index (χ1v) is 4.75. The van der Waals surface area contributed by atoms with Crippen molar-refractivity contribution in [2.24, 2.45) is 7.05 Å². The van der Waals surface area contributed by atoms with Crippen LogP contribution in [0.1, 0.15) is 5.82 Å². The molecular weight excluding hydrogens is 200 g/mol. The van der Waals surface area contributed by atoms with Gasteiger partial charge in [-0.2, -0.15) is 5.26 Å². The Morgan fingerprint density at radius 3 is 3.00 bits per heavy atom. The zero-order valence-electron chi connectivity index (χ0n) is 8.31. The maximum absolute atomic E-state index is 8.53. The molecule has 0 saturated carbocycles. The molecule has 0 amide bonds. The maximum atomic E-state index is 8.53. The first-order valence-electron chi connectivity index (χ1n) is 4.32. The first-order chi connectivity index (χ1) is 6.63. The summed E-state index contributed by atoms with van der Waals surface area (Å²) in [6, 6.07) is 1.99. The highest BCUT2D eigenvalue weighted by atomic mass is 35.5. The van der Waals surface area contributed by atoms with E-state index in [0.29, 0.717) is 13.1 Å². The number of nitriles is 1. The summed E-state index contributed by atoms with van der Waals surface area (Å²) in [6.07, 6.45) is 3.65. The Morgan fingerprint density at radius 2 is 2.50 bits per heavy atom. The average molecular weight is 213 g/mol. The Kier molecular flexibility index (Phi) is 3.93. The highest BCUT2D eigenvalue weighted by Gasteiger charge is 2.09. The molecule has 0 N–H and O–H groups in total. The molecule has 76 valence electrons. The highest BCUT2D eigenvalue weighted by Crippen LogP contribution is 2.02. The number of hydrogen-bond acceptors (Lipinski definition) is 3. The predicted molar refractivity (Wildman–Crippen MR) is 54.8 cm³/mol. The zero-order chi connectivity index (χ0) is 10.6. The molecule has 1 heterocycles. The van der Waals surface area contributed by atoms with Crippen molar-refractivity contribution in [1.82, 2.24) is 14.5 Å². The molecule has 0 bridgehead atoms. The number of halogens is 1. The van der Waals surface area contributed by atoms with E-state index >= 15 is 0 Å². The van der Waals surface area contributed by atoms with Crippen LogP contribution < -0.4 is 0 Å². The van der Waals surface area contributed by atoms with Gasteiger partial charge in [0.25, 0.3) is 0 Å². The molecule has 1 atom stereocenters. The van der Waals surface area contributed by atoms with Gasteiger partial charge in [0.1, 0.15) is 11.2 Å². The molecule has 1 aromatic rings. The van der Waals surface area contributed by atoms with Gasteiger partial charge in [-0.3, -0.25) is 4.90 Å². The number of rotatable bonds is 4. The summed E-state index contributed by atoms with van der Waals surface area (Å²) in [5, 5.41) is 8.08. The number of imidazole rings is 1. The van der Waals surface area contributed by atoms with Gasteiger partial charge in [-0.15, -0.1) is 11.6 Å². The van der Waals surface area contributed by atoms with Gasteiger partial charge in [-0.25, -0.2) is 4.98 Å². The Bertz CT molecular complexity index is 328. The number of nitrogens with zero attached hydrogens (tertiary/aromatic N) is 4. The van der Waals surface area contributed by atoms with E-state index in [-0.39, 0.29) is 0 Å². The van der Waals surface area contributed by atoms with Crippen molar-refractivity contribution in [2.75, 3.05) is 13.6 Å². The average Bonchev–Trinajstić information content (AvgIpc) is 2.51. The molecule has 0 aromatic carbocycles. The monoisotopic (exact) mass is 212 g/mol. The molecule has 0 radical (unpaired) electrons. The molecule has 1 unspecified atom stereocenters. The molecule has 4 nitrogen and oxygen atoms in total. The van der Waals surface area contributed by atoms with Gasteiger partial charge < -0.3 is 4.57 Å². The van der Waals surface area contributed by atoms with Gasteiger partial charge in [0, 0.05) is 26.0 Å². The van der Waals surface area contributed by atoms with Gasteiger partial charge in [0.05, 0.1) is 12.6 Å². The smallest absolute Gasteiger partial charge is 0.133 e. The van der Waals surface area contributed by atoms with Crippen LogP contribution in [0.4, 0.5) is 0 Å². The second-order valence-electron chi connectivity index (χ2n) is 3.25. The molecule has 14 heavy (non-hydrogen) atoms. The van der Waals surface area contributed by atoms with Gasteiger partial charge in [-0.05, 0) is 7.05 Å². The SMILES string of the molecule is CN(Cc1nccn1C)CC(Cl)C#N. The summed E-state index contributed by atoms with van der Waals surface area (Å²) in [6.45, 7) is 1.25. The second-order valence-corrected chi connectivity index (χ2v) is 3.77. The maximum Gasteiger partial charge on any atom is 0.133 e. The Morgan fingerprint density at radius 1 is 1.79 bits per heavy atom. The third-order valence-corrected chi connectivity index (χ3v) is 2.18. The summed E-state index contributed by atoms with van der Waals surface area (Å²) < 4.78 is 1.95. The van der Waals surface area contributed by atoms with Crippen LogP contribution >= 0.6 is 11.6 Å². The Balaban J connectivity index is 2.46. The lowest BCUT2D eigenvalue weighted by Crippen LogP contribution is -2.26. The van der Waals surface area contributed by atoms with E-state index in [1.165, 1.54) is 0 Å². The van der Waals surface area contributed by atoms with Gasteiger partial charge in [0.2, 0.25) is 0 Å². The van der Waals surface area contributed by atoms with Crippen molar-refractivity contribution in [3.8, 4) is 6.07 Å². The molecule has 0 fully saturated rings. The molecule has 0 aliphatic heterocycles. The number of hydrogen-bond donors (Lipinski definition) is 0. The van der Waals surface area contributed by atoms with Crippen molar-refractivity contribution in [1.29, 1.82) is 5.26 Å². The molecule has 0 aliphatic carbocycles. The zero-order valence-corrected chi connectivity index (χ0v) is 9.07. The summed E-state index contributed by atoms with van der Waals surface area (Å²) in [5.41, 5.74) is 0. The Labute approximate surface area is 88.7 Å². The summed E-state index contributed by atoms with van der Waals surface area (Å²) in [5.74, 6) is 0.967. The first kappa shape index (κ1) is 11.0. The van der Waals surface area contributed by atoms with E-state index in [1.54, 1.807) is 6.20 Å². The van der Waals surface area contributed by atoms with Gasteiger partial charge >= 0.3 is 0 Å². The lowest BCUT2D eigenvalue weighted by atomic mass is 10.4. The third-order valence-electron chi connectivity index (χ3n) is 1.94. The molecule has 0 spiro atoms. The van der Waals surface area contributed by atoms with Gasteiger partial charge in [-0.1, -0.05) is 0 Å². The topological polar surface area (TPSA) is 44.9 Å². The lowest BCUT2D eigenvalue weighted by Gasteiger charge is -2.16. The molecule has 0 saturated heterocycles. The van der Waals surface area contributed by atoms with Crippen molar-refractivity contribution in [3.63, 3.8) is 0 Å². The van der Waals surface area contributed by atoms with Crippen LogP contribution in [0.5, 0.6) is 0 Å². The number of aromatic nitrogens is 2. The van der Waals surface area contributed by atoms with E-state index in [9.17, 15) is 0 Å². The molecular formula is C9H13ClN4. The van der Waals surface area contributed by atoms with Crippen LogP contribution in [-0.2, 0) is 13.6 Å². The molecule has 5 heteroatoms. The van der Waals surface area contributed by atoms with Crippen LogP contribution in [0.2, 0.25) is 0 Å². The fraction of sp³-hybridized carbons (Fsp3) is 0.556. The van der Waals surface area contributed by atoms with Crippen LogP contribution in [0.3, 0.4) is 0 Å². The minimum Gasteiger partial charge on any atom is -0.337 e. The molecule has 0 aliphatic rings. The molecule has 1 aromatic heterocycles. The minimum absolute atomic E-state index is 0.458. The quantitative estimate of drug-likeness (QED) is 0.699. The van der Waals surface area contributed by atoms with Crippen LogP contribution in [-0.4, -0.2) is 33.4 Å². The van der Waals surface area contributed by atoms with E-state index in [2.05, 4.69) is 4.98 Å². The number of alkyl halides is 1. The third kappa shape index (κ3) is 3.02. The van der Waals surface area contributed by atoms with Crippen molar-refractivity contribution in [2.45, 2.75) is 11.9 Å². The lowest BCUT2D eigenvalue weighted by molar-refractivity contribution is 0.324. The van der Waals surface area contributed by atoms with E-state index in [4.69, 9.17) is 16.9 Å². The number of aryl methyl sites for hydroxylation is 1. The minimum atomic E-state index is -0.458. The summed E-state index contributed by atoms with van der Waals surface area (Å²) >= 11 is 5.71. The van der Waals surface area contributed by atoms with Crippen LogP contribution in [0.25, 0.3) is 0 Å². The van der Waals surface area contributed by atoms with Gasteiger partial charge in [0.15, 0.2) is 0 Å². The standard InChI is InChI=1S/C9H13ClN4/c1-13(6-8(10)5-11)7-9-12-3-4-14(9)2/h3-4,8H,6-7H2,1-2H3. The normalized spacial score (nSPS) is 12.8. The van der Waals surface area contributed by atoms with Crippen molar-refractivity contribution < 1.29 is 0 Å². The van der Waals surface area contributed by atoms with Crippen LogP contribution in [0.15, 0.2) is 12.4 Å². The molecule has 1 rings (SSSR count). The van der Waals surface area contributed by atoms with E-state index in [0.717, 1.165) is 5.82 Å². The van der Waals surface area contributed by atoms with Crippen molar-refractivity contribution in [3.05, 3.63) is 18.2 Å². The van der Waals surface area contributed by atoms with E-state index in [1.807, 2.05) is 35.8 Å². The highest BCUT2D eigenvalue weighted by molar-refractivity contribution is 6.22. The largest absolute Gasteiger partial charge is 0.337 e. The summed E-state index contributed by atoms with van der Waals surface area (Å²) in [4.78, 5) is 6.16. The van der Waals surface area contributed by atoms with Crippen molar-refractivity contribution >= 4 is 11.6 Å².